The minimum absolute atomic E-state index is 0.00166. The van der Waals surface area contributed by atoms with Crippen molar-refractivity contribution in [3.05, 3.63) is 101 Å². The van der Waals surface area contributed by atoms with Crippen LogP contribution in [0.25, 0.3) is 31.9 Å². The minimum atomic E-state index is -4.62. The van der Waals surface area contributed by atoms with Crippen molar-refractivity contribution in [3.63, 3.8) is 0 Å². The van der Waals surface area contributed by atoms with Crippen LogP contribution in [0.1, 0.15) is 15.9 Å². The Balaban J connectivity index is 1.55. The molecule has 0 spiro atoms. The first-order valence-corrected chi connectivity index (χ1v) is 14.5. The summed E-state index contributed by atoms with van der Waals surface area (Å²) in [6.45, 7) is 0. The van der Waals surface area contributed by atoms with Gasteiger partial charge in [-0.25, -0.2) is 13.4 Å². The molecule has 11 heteroatoms. The SMILES string of the molecule is CS(=O)(=O)c1ccc(C(=O)Nc2ccc(Cl)c(-c3nc4ccccc4s3)c2)c(-c2cccc(C(F)(F)F)c2)c1. The summed E-state index contributed by atoms with van der Waals surface area (Å²) in [6.07, 6.45) is -3.64. The van der Waals surface area contributed by atoms with E-state index in [0.29, 0.717) is 21.3 Å². The molecule has 4 aromatic carbocycles. The van der Waals surface area contributed by atoms with Gasteiger partial charge in [-0.3, -0.25) is 4.79 Å². The molecule has 198 valence electrons. The number of rotatable bonds is 5. The number of benzene rings is 4. The number of anilines is 1. The van der Waals surface area contributed by atoms with Crippen LogP contribution >= 0.6 is 22.9 Å². The van der Waals surface area contributed by atoms with E-state index in [9.17, 15) is 26.4 Å². The highest BCUT2D eigenvalue weighted by atomic mass is 35.5. The van der Waals surface area contributed by atoms with Crippen molar-refractivity contribution < 1.29 is 26.4 Å². The fourth-order valence-corrected chi connectivity index (χ4v) is 5.91. The topological polar surface area (TPSA) is 76.1 Å². The third-order valence-electron chi connectivity index (χ3n) is 5.91. The van der Waals surface area contributed by atoms with E-state index in [1.165, 1.54) is 41.7 Å². The van der Waals surface area contributed by atoms with Gasteiger partial charge in [-0.1, -0.05) is 35.9 Å². The van der Waals surface area contributed by atoms with E-state index in [4.69, 9.17) is 11.6 Å². The Morgan fingerprint density at radius 3 is 2.41 bits per heavy atom. The Morgan fingerprint density at radius 1 is 0.923 bits per heavy atom. The van der Waals surface area contributed by atoms with Gasteiger partial charge in [0.05, 0.1) is 25.7 Å². The third-order valence-corrected chi connectivity index (χ3v) is 8.42. The Labute approximate surface area is 230 Å². The maximum atomic E-state index is 13.4. The predicted molar refractivity (Wildman–Crippen MR) is 148 cm³/mol. The highest BCUT2D eigenvalue weighted by Crippen LogP contribution is 2.37. The molecule has 0 saturated heterocycles. The quantitative estimate of drug-likeness (QED) is 0.227. The van der Waals surface area contributed by atoms with E-state index in [-0.39, 0.29) is 21.6 Å². The van der Waals surface area contributed by atoms with E-state index in [1.807, 2.05) is 24.3 Å². The number of carbonyl (C=O) groups excluding carboxylic acids is 1. The van der Waals surface area contributed by atoms with Gasteiger partial charge in [0, 0.05) is 23.1 Å². The van der Waals surface area contributed by atoms with Crippen LogP contribution in [-0.4, -0.2) is 25.6 Å². The first-order valence-electron chi connectivity index (χ1n) is 11.4. The first kappa shape index (κ1) is 26.9. The summed E-state index contributed by atoms with van der Waals surface area (Å²) in [4.78, 5) is 17.9. The first-order chi connectivity index (χ1) is 18.4. The van der Waals surface area contributed by atoms with Gasteiger partial charge >= 0.3 is 6.18 Å². The second kappa shape index (κ2) is 10.1. The normalized spacial score (nSPS) is 12.0. The molecule has 5 rings (SSSR count). The van der Waals surface area contributed by atoms with Gasteiger partial charge in [0.25, 0.3) is 5.91 Å². The second-order valence-corrected chi connectivity index (χ2v) is 12.1. The lowest BCUT2D eigenvalue weighted by Crippen LogP contribution is -2.14. The number of amides is 1. The Kier molecular flexibility index (Phi) is 6.96. The number of hydrogen-bond donors (Lipinski definition) is 1. The van der Waals surface area contributed by atoms with Crippen molar-refractivity contribution in [2.75, 3.05) is 11.6 Å². The van der Waals surface area contributed by atoms with Crippen LogP contribution in [0.4, 0.5) is 18.9 Å². The molecule has 0 radical (unpaired) electrons. The lowest BCUT2D eigenvalue weighted by Gasteiger charge is -2.14. The smallest absolute Gasteiger partial charge is 0.322 e. The van der Waals surface area contributed by atoms with E-state index in [1.54, 1.807) is 18.2 Å². The molecule has 1 amide bonds. The molecule has 0 aliphatic heterocycles. The van der Waals surface area contributed by atoms with Crippen LogP contribution in [0.3, 0.4) is 0 Å². The van der Waals surface area contributed by atoms with Crippen LogP contribution in [0.15, 0.2) is 89.8 Å². The van der Waals surface area contributed by atoms with Gasteiger partial charge in [-0.15, -0.1) is 11.3 Å². The molecule has 5 nitrogen and oxygen atoms in total. The van der Waals surface area contributed by atoms with Gasteiger partial charge in [0.1, 0.15) is 5.01 Å². The van der Waals surface area contributed by atoms with Gasteiger partial charge < -0.3 is 5.32 Å². The van der Waals surface area contributed by atoms with E-state index < -0.39 is 27.5 Å². The molecule has 1 N–H and O–H groups in total. The molecule has 0 saturated carbocycles. The fraction of sp³-hybridized carbons (Fsp3) is 0.0714. The molecule has 0 atom stereocenters. The standard InChI is InChI=1S/C28H18ClF3N2O3S2/c1-39(36,37)19-10-11-20(21(15-19)16-5-4-6-17(13-16)28(30,31)32)26(35)33-18-9-12-23(29)22(14-18)27-34-24-7-2-3-8-25(24)38-27/h2-15H,1H3,(H,33,35). The number of hydrogen-bond acceptors (Lipinski definition) is 5. The largest absolute Gasteiger partial charge is 0.416 e. The van der Waals surface area contributed by atoms with Crippen LogP contribution in [-0.2, 0) is 16.0 Å². The number of fused-ring (bicyclic) bond motifs is 1. The van der Waals surface area contributed by atoms with Gasteiger partial charge in [-0.05, 0) is 71.8 Å². The highest BCUT2D eigenvalue weighted by molar-refractivity contribution is 7.90. The lowest BCUT2D eigenvalue weighted by molar-refractivity contribution is -0.137. The molecule has 1 aromatic heterocycles. The number of halogens is 4. The zero-order chi connectivity index (χ0) is 27.9. The lowest BCUT2D eigenvalue weighted by atomic mass is 9.97. The molecule has 0 fully saturated rings. The average Bonchev–Trinajstić information content (AvgIpc) is 3.32. The second-order valence-electron chi connectivity index (χ2n) is 8.69. The number of para-hydroxylation sites is 1. The summed E-state index contributed by atoms with van der Waals surface area (Å²) in [7, 11) is -3.70. The van der Waals surface area contributed by atoms with Crippen molar-refractivity contribution in [1.29, 1.82) is 0 Å². The highest BCUT2D eigenvalue weighted by Gasteiger charge is 2.31. The van der Waals surface area contributed by atoms with Crippen LogP contribution in [0.2, 0.25) is 5.02 Å². The fourth-order valence-electron chi connectivity index (χ4n) is 4.01. The third kappa shape index (κ3) is 5.68. The monoisotopic (exact) mass is 586 g/mol. The molecule has 1 heterocycles. The van der Waals surface area contributed by atoms with Crippen molar-refractivity contribution in [2.24, 2.45) is 0 Å². The zero-order valence-corrected chi connectivity index (χ0v) is 22.5. The van der Waals surface area contributed by atoms with Crippen molar-refractivity contribution in [2.45, 2.75) is 11.1 Å². The van der Waals surface area contributed by atoms with Crippen molar-refractivity contribution in [3.8, 4) is 21.7 Å². The molecule has 5 aromatic rings. The van der Waals surface area contributed by atoms with Crippen LogP contribution in [0.5, 0.6) is 0 Å². The molecular weight excluding hydrogens is 569 g/mol. The summed E-state index contributed by atoms with van der Waals surface area (Å²) in [6, 6.07) is 20.6. The molecular formula is C28H18ClF3N2O3S2. The van der Waals surface area contributed by atoms with Gasteiger partial charge in [0.15, 0.2) is 9.84 Å². The average molecular weight is 587 g/mol. The number of sulfone groups is 1. The number of thiazole rings is 1. The maximum absolute atomic E-state index is 13.4. The predicted octanol–water partition coefficient (Wildman–Crippen LogP) is 7.96. The van der Waals surface area contributed by atoms with Crippen LogP contribution < -0.4 is 5.32 Å². The van der Waals surface area contributed by atoms with E-state index >= 15 is 0 Å². The molecule has 39 heavy (non-hydrogen) atoms. The van der Waals surface area contributed by atoms with Gasteiger partial charge in [-0.2, -0.15) is 13.2 Å². The van der Waals surface area contributed by atoms with Crippen molar-refractivity contribution in [1.82, 2.24) is 4.98 Å². The molecule has 0 bridgehead atoms. The number of aromatic nitrogens is 1. The zero-order valence-electron chi connectivity index (χ0n) is 20.1. The molecule has 0 unspecified atom stereocenters. The number of carbonyl (C=O) groups is 1. The Hall–Kier alpha value is -3.73. The number of nitrogens with zero attached hydrogens (tertiary/aromatic N) is 1. The Bertz CT molecular complexity index is 1820. The summed E-state index contributed by atoms with van der Waals surface area (Å²) in [5, 5.41) is 3.83. The number of alkyl halides is 3. The van der Waals surface area contributed by atoms with E-state index in [2.05, 4.69) is 10.3 Å². The molecule has 0 aliphatic rings. The van der Waals surface area contributed by atoms with Gasteiger partial charge in [0.2, 0.25) is 0 Å². The maximum Gasteiger partial charge on any atom is 0.416 e. The summed E-state index contributed by atoms with van der Waals surface area (Å²) in [5.74, 6) is -0.639. The Morgan fingerprint density at radius 2 is 1.69 bits per heavy atom. The molecule has 0 aliphatic carbocycles. The van der Waals surface area contributed by atoms with Crippen LogP contribution in [0, 0.1) is 0 Å². The summed E-state index contributed by atoms with van der Waals surface area (Å²) in [5.41, 5.74) is 0.947. The minimum Gasteiger partial charge on any atom is -0.322 e. The van der Waals surface area contributed by atoms with E-state index in [0.717, 1.165) is 28.6 Å². The van der Waals surface area contributed by atoms with Crippen molar-refractivity contribution >= 4 is 54.6 Å². The summed E-state index contributed by atoms with van der Waals surface area (Å²) < 4.78 is 65.5. The summed E-state index contributed by atoms with van der Waals surface area (Å²) >= 11 is 7.87. The number of nitrogens with one attached hydrogen (secondary N) is 1.